The topological polar surface area (TPSA) is 86.3 Å². The molecular formula is C23H26N2O6. The molecule has 1 atom stereocenters. The number of amides is 2. The Bertz CT molecular complexity index is 1010. The van der Waals surface area contributed by atoms with Crippen molar-refractivity contribution in [1.29, 1.82) is 0 Å². The van der Waals surface area contributed by atoms with Crippen molar-refractivity contribution < 1.29 is 28.5 Å². The van der Waals surface area contributed by atoms with Gasteiger partial charge in [0, 0.05) is 23.9 Å². The van der Waals surface area contributed by atoms with Crippen molar-refractivity contribution in [2.24, 2.45) is 0 Å². The first kappa shape index (κ1) is 22.0. The molecule has 0 spiro atoms. The molecule has 1 heterocycles. The first-order valence-corrected chi connectivity index (χ1v) is 9.66. The third kappa shape index (κ3) is 4.42. The predicted octanol–water partition coefficient (Wildman–Crippen LogP) is 3.65. The molecular weight excluding hydrogens is 400 g/mol. The highest BCUT2D eigenvalue weighted by Crippen LogP contribution is 2.39. The Morgan fingerprint density at radius 1 is 1.13 bits per heavy atom. The van der Waals surface area contributed by atoms with Gasteiger partial charge in [-0.3, -0.25) is 9.59 Å². The second-order valence-electron chi connectivity index (χ2n) is 7.19. The van der Waals surface area contributed by atoms with E-state index in [0.29, 0.717) is 46.5 Å². The van der Waals surface area contributed by atoms with Gasteiger partial charge in [-0.25, -0.2) is 0 Å². The predicted molar refractivity (Wildman–Crippen MR) is 118 cm³/mol. The fourth-order valence-electron chi connectivity index (χ4n) is 3.34. The van der Waals surface area contributed by atoms with Crippen LogP contribution in [0, 0.1) is 0 Å². The van der Waals surface area contributed by atoms with Gasteiger partial charge in [0.1, 0.15) is 5.75 Å². The second kappa shape index (κ2) is 8.99. The van der Waals surface area contributed by atoms with E-state index in [9.17, 15) is 9.59 Å². The van der Waals surface area contributed by atoms with Crippen molar-refractivity contribution in [2.75, 3.05) is 38.1 Å². The number of methoxy groups -OCH3 is 3. The molecule has 164 valence electrons. The fraction of sp³-hybridized carbons (Fsp3) is 0.304. The van der Waals surface area contributed by atoms with Crippen molar-refractivity contribution in [3.63, 3.8) is 0 Å². The fourth-order valence-corrected chi connectivity index (χ4v) is 3.34. The number of carbonyl (C=O) groups is 2. The molecule has 0 bridgehead atoms. The molecule has 0 saturated carbocycles. The van der Waals surface area contributed by atoms with E-state index in [0.717, 1.165) is 5.57 Å². The van der Waals surface area contributed by atoms with Crippen LogP contribution in [0.2, 0.25) is 0 Å². The minimum absolute atomic E-state index is 0.135. The number of anilines is 2. The van der Waals surface area contributed by atoms with Crippen LogP contribution < -0.4 is 29.2 Å². The summed E-state index contributed by atoms with van der Waals surface area (Å²) in [4.78, 5) is 27.0. The number of nitrogens with zero attached hydrogens (tertiary/aromatic N) is 1. The molecule has 2 aromatic rings. The molecule has 8 heteroatoms. The Kier molecular flexibility index (Phi) is 6.39. The van der Waals surface area contributed by atoms with Gasteiger partial charge in [-0.05, 0) is 38.1 Å². The number of rotatable bonds is 7. The molecule has 3 rings (SSSR count). The summed E-state index contributed by atoms with van der Waals surface area (Å²) in [5.41, 5.74) is 2.35. The summed E-state index contributed by atoms with van der Waals surface area (Å²) in [6.45, 7) is 7.84. The molecule has 0 radical (unpaired) electrons. The molecule has 8 nitrogen and oxygen atoms in total. The summed E-state index contributed by atoms with van der Waals surface area (Å²) in [5.74, 6) is 1.17. The Hall–Kier alpha value is -3.68. The maximum Gasteiger partial charge on any atom is 0.268 e. The molecule has 0 aliphatic carbocycles. The lowest BCUT2D eigenvalue weighted by molar-refractivity contribution is -0.125. The number of benzene rings is 2. The summed E-state index contributed by atoms with van der Waals surface area (Å²) >= 11 is 0. The quantitative estimate of drug-likeness (QED) is 0.680. The molecule has 0 saturated heterocycles. The highest BCUT2D eigenvalue weighted by Gasteiger charge is 2.31. The average Bonchev–Trinajstić information content (AvgIpc) is 2.75. The van der Waals surface area contributed by atoms with Crippen molar-refractivity contribution in [1.82, 2.24) is 0 Å². The van der Waals surface area contributed by atoms with Gasteiger partial charge in [-0.1, -0.05) is 12.2 Å². The summed E-state index contributed by atoms with van der Waals surface area (Å²) < 4.78 is 21.7. The van der Waals surface area contributed by atoms with Gasteiger partial charge in [0.15, 0.2) is 17.6 Å². The smallest absolute Gasteiger partial charge is 0.268 e. The summed E-state index contributed by atoms with van der Waals surface area (Å²) in [6, 6.07) is 8.29. The maximum absolute atomic E-state index is 12.9. The summed E-state index contributed by atoms with van der Waals surface area (Å²) in [6.07, 6.45) is -0.632. The lowest BCUT2D eigenvalue weighted by Crippen LogP contribution is -2.45. The van der Waals surface area contributed by atoms with E-state index >= 15 is 0 Å². The van der Waals surface area contributed by atoms with Crippen LogP contribution in [-0.4, -0.2) is 45.8 Å². The van der Waals surface area contributed by atoms with Crippen LogP contribution in [0.5, 0.6) is 23.0 Å². The van der Waals surface area contributed by atoms with Crippen molar-refractivity contribution in [3.05, 3.63) is 48.0 Å². The Labute approximate surface area is 181 Å². The highest BCUT2D eigenvalue weighted by atomic mass is 16.5. The lowest BCUT2D eigenvalue weighted by Gasteiger charge is -2.33. The number of nitrogens with one attached hydrogen (secondary N) is 1. The first-order valence-electron chi connectivity index (χ1n) is 9.66. The molecule has 1 unspecified atom stereocenters. The van der Waals surface area contributed by atoms with Gasteiger partial charge in [0.2, 0.25) is 5.75 Å². The normalized spacial score (nSPS) is 14.9. The van der Waals surface area contributed by atoms with Crippen LogP contribution in [0.1, 0.15) is 24.2 Å². The molecule has 2 aromatic carbocycles. The summed E-state index contributed by atoms with van der Waals surface area (Å²) in [7, 11) is 4.47. The molecule has 1 aliphatic heterocycles. The Balaban J connectivity index is 1.89. The third-order valence-electron chi connectivity index (χ3n) is 4.78. The monoisotopic (exact) mass is 426 g/mol. The highest BCUT2D eigenvalue weighted by molar-refractivity contribution is 6.06. The van der Waals surface area contributed by atoms with Crippen LogP contribution in [0.25, 0.3) is 0 Å². The van der Waals surface area contributed by atoms with Crippen LogP contribution in [0.4, 0.5) is 11.4 Å². The molecule has 31 heavy (non-hydrogen) atoms. The first-order chi connectivity index (χ1) is 14.8. The number of hydrogen-bond donors (Lipinski definition) is 1. The maximum atomic E-state index is 12.9. The van der Waals surface area contributed by atoms with Gasteiger partial charge in [0.05, 0.1) is 27.0 Å². The number of ether oxygens (including phenoxy) is 4. The van der Waals surface area contributed by atoms with E-state index in [1.54, 1.807) is 42.2 Å². The third-order valence-corrected chi connectivity index (χ3v) is 4.78. The van der Waals surface area contributed by atoms with Crippen LogP contribution in [0.3, 0.4) is 0 Å². The van der Waals surface area contributed by atoms with E-state index in [2.05, 4.69) is 11.9 Å². The Morgan fingerprint density at radius 3 is 2.32 bits per heavy atom. The average molecular weight is 426 g/mol. The number of carbonyl (C=O) groups excluding carboxylic acids is 2. The second-order valence-corrected chi connectivity index (χ2v) is 7.19. The standard InChI is InChI=1S/C23H26N2O6/c1-13(2)12-25-17-8-7-16(11-18(17)31-14(3)23(25)27)24-22(26)15-9-19(28-4)21(30-6)20(10-15)29-5/h7-11,14H,1,12H2,2-6H3,(H,24,26). The number of fused-ring (bicyclic) bond motifs is 1. The van der Waals surface area contributed by atoms with E-state index in [1.807, 2.05) is 6.92 Å². The van der Waals surface area contributed by atoms with E-state index in [4.69, 9.17) is 18.9 Å². The minimum Gasteiger partial charge on any atom is -0.493 e. The van der Waals surface area contributed by atoms with Crippen molar-refractivity contribution in [2.45, 2.75) is 20.0 Å². The van der Waals surface area contributed by atoms with Crippen LogP contribution >= 0.6 is 0 Å². The largest absolute Gasteiger partial charge is 0.493 e. The van der Waals surface area contributed by atoms with E-state index in [1.165, 1.54) is 21.3 Å². The van der Waals surface area contributed by atoms with Gasteiger partial charge in [-0.15, -0.1) is 0 Å². The summed E-state index contributed by atoms with van der Waals surface area (Å²) in [5, 5.41) is 2.84. The van der Waals surface area contributed by atoms with Crippen molar-refractivity contribution >= 4 is 23.2 Å². The molecule has 0 fully saturated rings. The zero-order valence-electron chi connectivity index (χ0n) is 18.3. The minimum atomic E-state index is -0.632. The van der Waals surface area contributed by atoms with Gasteiger partial charge < -0.3 is 29.2 Å². The zero-order chi connectivity index (χ0) is 22.7. The molecule has 1 aliphatic rings. The molecule has 0 aromatic heterocycles. The molecule has 2 amide bonds. The van der Waals surface area contributed by atoms with E-state index in [-0.39, 0.29) is 11.8 Å². The van der Waals surface area contributed by atoms with Crippen LogP contribution in [0.15, 0.2) is 42.5 Å². The Morgan fingerprint density at radius 2 is 1.77 bits per heavy atom. The SMILES string of the molecule is C=C(C)CN1C(=O)C(C)Oc2cc(NC(=O)c3cc(OC)c(OC)c(OC)c3)ccc21. The van der Waals surface area contributed by atoms with E-state index < -0.39 is 6.10 Å². The lowest BCUT2D eigenvalue weighted by atomic mass is 10.1. The zero-order valence-corrected chi connectivity index (χ0v) is 18.3. The van der Waals surface area contributed by atoms with Crippen molar-refractivity contribution in [3.8, 4) is 23.0 Å². The van der Waals surface area contributed by atoms with Gasteiger partial charge in [0.25, 0.3) is 11.8 Å². The van der Waals surface area contributed by atoms with Gasteiger partial charge >= 0.3 is 0 Å². The van der Waals surface area contributed by atoms with Gasteiger partial charge in [-0.2, -0.15) is 0 Å². The van der Waals surface area contributed by atoms with Crippen LogP contribution in [-0.2, 0) is 4.79 Å². The number of hydrogen-bond acceptors (Lipinski definition) is 6. The molecule has 1 N–H and O–H groups in total.